The van der Waals surface area contributed by atoms with Gasteiger partial charge in [-0.25, -0.2) is 0 Å². The maximum absolute atomic E-state index is 12.9. The number of carbonyl (C=O) groups excluding carboxylic acids is 2. The molecule has 0 aliphatic carbocycles. The first-order chi connectivity index (χ1) is 12.6. The molecular weight excluding hydrogens is 334 g/mol. The van der Waals surface area contributed by atoms with Gasteiger partial charge in [0.1, 0.15) is 18.4 Å². The van der Waals surface area contributed by atoms with Crippen LogP contribution in [0, 0.1) is 6.92 Å². The Morgan fingerprint density at radius 3 is 2.85 bits per heavy atom. The molecule has 2 amide bonds. The summed E-state index contributed by atoms with van der Waals surface area (Å²) in [5, 5.41) is 16.2. The van der Waals surface area contributed by atoms with E-state index in [9.17, 15) is 9.59 Å². The molecule has 1 atom stereocenters. The van der Waals surface area contributed by atoms with Crippen LogP contribution in [-0.2, 0) is 29.2 Å². The number of amides is 2. The van der Waals surface area contributed by atoms with Crippen molar-refractivity contribution in [3.63, 3.8) is 0 Å². The van der Waals surface area contributed by atoms with E-state index in [1.165, 1.54) is 0 Å². The van der Waals surface area contributed by atoms with E-state index in [-0.39, 0.29) is 24.9 Å². The van der Waals surface area contributed by atoms with E-state index in [1.54, 1.807) is 16.6 Å². The maximum atomic E-state index is 12.9. The van der Waals surface area contributed by atoms with E-state index in [2.05, 4.69) is 20.6 Å². The van der Waals surface area contributed by atoms with Gasteiger partial charge in [0.05, 0.1) is 18.6 Å². The molecule has 9 nitrogen and oxygen atoms in total. The van der Waals surface area contributed by atoms with Crippen molar-refractivity contribution in [2.24, 2.45) is 0 Å². The summed E-state index contributed by atoms with van der Waals surface area (Å²) in [7, 11) is 1.57. The lowest BCUT2D eigenvalue weighted by molar-refractivity contribution is -0.143. The highest BCUT2D eigenvalue weighted by molar-refractivity contribution is 5.88. The Morgan fingerprint density at radius 1 is 1.27 bits per heavy atom. The number of likely N-dealkylation sites (N-methyl/N-ethyl adjacent to an activating group) is 1. The highest BCUT2D eigenvalue weighted by Gasteiger charge is 2.36. The van der Waals surface area contributed by atoms with Crippen LogP contribution in [0.3, 0.4) is 0 Å². The predicted octanol–water partition coefficient (Wildman–Crippen LogP) is 0.0932. The van der Waals surface area contributed by atoms with Gasteiger partial charge in [-0.3, -0.25) is 14.3 Å². The number of aryl methyl sites for hydroxylation is 1. The third kappa shape index (κ3) is 2.71. The Hall–Kier alpha value is -3.23. The van der Waals surface area contributed by atoms with Gasteiger partial charge in [0.15, 0.2) is 5.82 Å². The van der Waals surface area contributed by atoms with Gasteiger partial charge in [0, 0.05) is 18.6 Å². The SMILES string of the molecule is CNC(=O)C1Cn2c(C)nnc2CN1C(=O)Cn1cc2ccccc2n1. The number of rotatable bonds is 3. The van der Waals surface area contributed by atoms with Gasteiger partial charge in [0.2, 0.25) is 11.8 Å². The Labute approximate surface area is 149 Å². The van der Waals surface area contributed by atoms with Gasteiger partial charge >= 0.3 is 0 Å². The molecule has 0 saturated heterocycles. The molecule has 1 aliphatic rings. The van der Waals surface area contributed by atoms with Gasteiger partial charge < -0.3 is 14.8 Å². The monoisotopic (exact) mass is 353 g/mol. The van der Waals surface area contributed by atoms with Crippen LogP contribution >= 0.6 is 0 Å². The Kier molecular flexibility index (Phi) is 3.90. The van der Waals surface area contributed by atoms with E-state index in [0.717, 1.165) is 16.7 Å². The number of hydrogen-bond acceptors (Lipinski definition) is 5. The van der Waals surface area contributed by atoms with Crippen molar-refractivity contribution in [2.75, 3.05) is 7.05 Å². The molecule has 1 aliphatic heterocycles. The quantitative estimate of drug-likeness (QED) is 0.720. The summed E-state index contributed by atoms with van der Waals surface area (Å²) in [6.07, 6.45) is 1.83. The molecule has 134 valence electrons. The van der Waals surface area contributed by atoms with Crippen LogP contribution in [0.15, 0.2) is 30.5 Å². The average Bonchev–Trinajstić information content (AvgIpc) is 3.22. The summed E-state index contributed by atoms with van der Waals surface area (Å²) in [6.45, 7) is 2.50. The Morgan fingerprint density at radius 2 is 2.08 bits per heavy atom. The van der Waals surface area contributed by atoms with Gasteiger partial charge in [-0.15, -0.1) is 10.2 Å². The molecule has 3 heterocycles. The standard InChI is InChI=1S/C17H19N7O2/c1-11-19-20-15-9-24(14(8-23(11)15)17(26)18-2)16(25)10-22-7-12-5-3-4-6-13(12)21-22/h3-7,14H,8-10H2,1-2H3,(H,18,26). The molecule has 2 aromatic heterocycles. The molecule has 0 fully saturated rings. The molecule has 0 radical (unpaired) electrons. The molecule has 1 unspecified atom stereocenters. The lowest BCUT2D eigenvalue weighted by Gasteiger charge is -2.34. The van der Waals surface area contributed by atoms with Crippen LogP contribution in [0.2, 0.25) is 0 Å². The predicted molar refractivity (Wildman–Crippen MR) is 92.9 cm³/mol. The normalized spacial score (nSPS) is 16.5. The van der Waals surface area contributed by atoms with Crippen LogP contribution in [0.25, 0.3) is 10.9 Å². The van der Waals surface area contributed by atoms with E-state index >= 15 is 0 Å². The van der Waals surface area contributed by atoms with Crippen molar-refractivity contribution < 1.29 is 9.59 Å². The van der Waals surface area contributed by atoms with Crippen molar-refractivity contribution in [3.8, 4) is 0 Å². The summed E-state index contributed by atoms with van der Waals surface area (Å²) >= 11 is 0. The molecule has 3 aromatic rings. The van der Waals surface area contributed by atoms with Crippen LogP contribution in [-0.4, -0.2) is 54.3 Å². The fourth-order valence-electron chi connectivity index (χ4n) is 3.29. The summed E-state index contributed by atoms with van der Waals surface area (Å²) in [6, 6.07) is 7.08. The number of nitrogens with one attached hydrogen (secondary N) is 1. The topological polar surface area (TPSA) is 97.9 Å². The molecule has 9 heteroatoms. The summed E-state index contributed by atoms with van der Waals surface area (Å²) in [4.78, 5) is 26.8. The van der Waals surface area contributed by atoms with E-state index in [4.69, 9.17) is 0 Å². The molecule has 1 aromatic carbocycles. The second-order valence-corrected chi connectivity index (χ2v) is 6.31. The van der Waals surface area contributed by atoms with Crippen LogP contribution in [0.4, 0.5) is 0 Å². The molecule has 4 rings (SSSR count). The van der Waals surface area contributed by atoms with Gasteiger partial charge in [-0.2, -0.15) is 5.10 Å². The molecule has 1 N–H and O–H groups in total. The van der Waals surface area contributed by atoms with Gasteiger partial charge in [0.25, 0.3) is 0 Å². The van der Waals surface area contributed by atoms with Crippen molar-refractivity contribution in [3.05, 3.63) is 42.1 Å². The van der Waals surface area contributed by atoms with Crippen LogP contribution in [0.5, 0.6) is 0 Å². The van der Waals surface area contributed by atoms with E-state index in [0.29, 0.717) is 12.4 Å². The fourth-order valence-corrected chi connectivity index (χ4v) is 3.29. The zero-order valence-corrected chi connectivity index (χ0v) is 14.6. The maximum Gasteiger partial charge on any atom is 0.245 e. The second kappa shape index (κ2) is 6.25. The minimum absolute atomic E-state index is 0.0648. The first-order valence-electron chi connectivity index (χ1n) is 8.39. The van der Waals surface area contributed by atoms with Gasteiger partial charge in [-0.1, -0.05) is 18.2 Å². The van der Waals surface area contributed by atoms with Crippen LogP contribution < -0.4 is 5.32 Å². The summed E-state index contributed by atoms with van der Waals surface area (Å²) in [5.74, 6) is 1.03. The Balaban J connectivity index is 1.61. The largest absolute Gasteiger partial charge is 0.357 e. The molecule has 0 spiro atoms. The van der Waals surface area contributed by atoms with E-state index in [1.807, 2.05) is 42.0 Å². The number of benzene rings is 1. The second-order valence-electron chi connectivity index (χ2n) is 6.31. The first kappa shape index (κ1) is 16.2. The van der Waals surface area contributed by atoms with Crippen molar-refractivity contribution in [1.82, 2.24) is 34.8 Å². The minimum atomic E-state index is -0.598. The third-order valence-corrected chi connectivity index (χ3v) is 4.68. The molecule has 26 heavy (non-hydrogen) atoms. The van der Waals surface area contributed by atoms with Crippen molar-refractivity contribution in [1.29, 1.82) is 0 Å². The first-order valence-corrected chi connectivity index (χ1v) is 8.39. The summed E-state index contributed by atoms with van der Waals surface area (Å²) in [5.41, 5.74) is 0.831. The summed E-state index contributed by atoms with van der Waals surface area (Å²) < 4.78 is 3.49. The minimum Gasteiger partial charge on any atom is -0.357 e. The zero-order valence-electron chi connectivity index (χ0n) is 14.6. The number of carbonyl (C=O) groups is 2. The van der Waals surface area contributed by atoms with Crippen molar-refractivity contribution in [2.45, 2.75) is 32.6 Å². The number of hydrogen-bond donors (Lipinski definition) is 1. The van der Waals surface area contributed by atoms with E-state index < -0.39 is 6.04 Å². The zero-order chi connectivity index (χ0) is 18.3. The highest BCUT2D eigenvalue weighted by atomic mass is 16.2. The number of fused-ring (bicyclic) bond motifs is 2. The highest BCUT2D eigenvalue weighted by Crippen LogP contribution is 2.19. The lowest BCUT2D eigenvalue weighted by Crippen LogP contribution is -2.54. The van der Waals surface area contributed by atoms with Gasteiger partial charge in [-0.05, 0) is 13.0 Å². The third-order valence-electron chi connectivity index (χ3n) is 4.68. The molecule has 0 bridgehead atoms. The smallest absolute Gasteiger partial charge is 0.245 e. The Bertz CT molecular complexity index is 957. The average molecular weight is 353 g/mol. The number of aromatic nitrogens is 5. The van der Waals surface area contributed by atoms with Crippen molar-refractivity contribution >= 4 is 22.7 Å². The van der Waals surface area contributed by atoms with Crippen LogP contribution in [0.1, 0.15) is 11.6 Å². The fraction of sp³-hybridized carbons (Fsp3) is 0.353. The number of nitrogens with zero attached hydrogens (tertiary/aromatic N) is 6. The molecule has 0 saturated carbocycles. The lowest BCUT2D eigenvalue weighted by atomic mass is 10.1. The molecular formula is C17H19N7O2.